The summed E-state index contributed by atoms with van der Waals surface area (Å²) in [5.74, 6) is 0. The summed E-state index contributed by atoms with van der Waals surface area (Å²) in [7, 11) is 2.03. The number of rotatable bonds is 5. The Bertz CT molecular complexity index is 252. The molecule has 0 bridgehead atoms. The smallest absolute Gasteiger partial charge is 0.0701 e. The van der Waals surface area contributed by atoms with Crippen molar-refractivity contribution < 1.29 is 5.11 Å². The van der Waals surface area contributed by atoms with Crippen molar-refractivity contribution >= 4 is 27.3 Å². The first kappa shape index (κ1) is 11.2. The molecular formula is C9H14BrNOS. The first-order valence-electron chi connectivity index (χ1n) is 4.26. The molecule has 1 rings (SSSR count). The van der Waals surface area contributed by atoms with Crippen LogP contribution < -0.4 is 0 Å². The predicted molar refractivity (Wildman–Crippen MR) is 60.3 cm³/mol. The monoisotopic (exact) mass is 263 g/mol. The highest BCUT2D eigenvalue weighted by atomic mass is 79.9. The number of halogens is 1. The molecule has 0 saturated carbocycles. The average Bonchev–Trinajstić information content (AvgIpc) is 2.49. The second-order valence-electron chi connectivity index (χ2n) is 2.98. The Balaban J connectivity index is 2.26. The summed E-state index contributed by atoms with van der Waals surface area (Å²) in [6.07, 6.45) is 1.06. The third kappa shape index (κ3) is 4.22. The fraction of sp³-hybridized carbons (Fsp3) is 0.556. The van der Waals surface area contributed by atoms with E-state index in [1.807, 2.05) is 7.05 Å². The van der Waals surface area contributed by atoms with Crippen LogP contribution in [-0.2, 0) is 6.42 Å². The van der Waals surface area contributed by atoms with Crippen molar-refractivity contribution in [2.24, 2.45) is 0 Å². The largest absolute Gasteiger partial charge is 0.395 e. The molecule has 1 aromatic heterocycles. The molecule has 0 aromatic carbocycles. The van der Waals surface area contributed by atoms with Gasteiger partial charge in [-0.05, 0) is 41.5 Å². The van der Waals surface area contributed by atoms with Crippen LogP contribution in [0.4, 0.5) is 0 Å². The first-order valence-corrected chi connectivity index (χ1v) is 5.87. The molecule has 0 radical (unpaired) electrons. The Labute approximate surface area is 91.3 Å². The number of aliphatic hydroxyl groups excluding tert-OH is 1. The number of thiophene rings is 1. The second kappa shape index (κ2) is 5.75. The van der Waals surface area contributed by atoms with Crippen molar-refractivity contribution in [2.45, 2.75) is 6.42 Å². The van der Waals surface area contributed by atoms with Crippen LogP contribution >= 0.6 is 27.3 Å². The second-order valence-corrected chi connectivity index (χ2v) is 5.53. The van der Waals surface area contributed by atoms with Gasteiger partial charge in [-0.3, -0.25) is 0 Å². The summed E-state index contributed by atoms with van der Waals surface area (Å²) >= 11 is 5.21. The van der Waals surface area contributed by atoms with E-state index in [0.717, 1.165) is 19.5 Å². The van der Waals surface area contributed by atoms with Crippen molar-refractivity contribution in [3.05, 3.63) is 20.8 Å². The van der Waals surface area contributed by atoms with E-state index >= 15 is 0 Å². The van der Waals surface area contributed by atoms with Crippen LogP contribution in [-0.4, -0.2) is 36.8 Å². The van der Waals surface area contributed by atoms with Crippen molar-refractivity contribution in [1.82, 2.24) is 4.90 Å². The van der Waals surface area contributed by atoms with Crippen LogP contribution in [0.3, 0.4) is 0 Å². The summed E-state index contributed by atoms with van der Waals surface area (Å²) in [6.45, 7) is 2.00. The molecule has 1 aromatic rings. The molecule has 0 saturated heterocycles. The van der Waals surface area contributed by atoms with Crippen molar-refractivity contribution in [1.29, 1.82) is 0 Å². The fourth-order valence-electron chi connectivity index (χ4n) is 1.07. The van der Waals surface area contributed by atoms with Crippen LogP contribution in [0, 0.1) is 0 Å². The fourth-order valence-corrected chi connectivity index (χ4v) is 2.54. The highest BCUT2D eigenvalue weighted by Gasteiger charge is 2.00. The molecule has 1 heterocycles. The molecule has 0 atom stereocenters. The van der Waals surface area contributed by atoms with Gasteiger partial charge < -0.3 is 10.0 Å². The SMILES string of the molecule is CN(CCO)CCc1ccc(Br)s1. The molecule has 0 aliphatic rings. The van der Waals surface area contributed by atoms with E-state index in [0.29, 0.717) is 0 Å². The highest BCUT2D eigenvalue weighted by Crippen LogP contribution is 2.22. The lowest BCUT2D eigenvalue weighted by Crippen LogP contribution is -2.24. The van der Waals surface area contributed by atoms with E-state index in [4.69, 9.17) is 5.11 Å². The normalized spacial score (nSPS) is 11.1. The van der Waals surface area contributed by atoms with E-state index in [2.05, 4.69) is 33.0 Å². The number of hydrogen-bond acceptors (Lipinski definition) is 3. The Kier molecular flexibility index (Phi) is 4.94. The van der Waals surface area contributed by atoms with E-state index in [9.17, 15) is 0 Å². The maximum atomic E-state index is 8.69. The van der Waals surface area contributed by atoms with Crippen LogP contribution in [0.1, 0.15) is 4.88 Å². The molecule has 0 aliphatic carbocycles. The Hall–Kier alpha value is 0.1000. The quantitative estimate of drug-likeness (QED) is 0.879. The zero-order valence-electron chi connectivity index (χ0n) is 7.66. The van der Waals surface area contributed by atoms with Crippen molar-refractivity contribution in [2.75, 3.05) is 26.7 Å². The molecule has 0 amide bonds. The van der Waals surface area contributed by atoms with Gasteiger partial charge >= 0.3 is 0 Å². The van der Waals surface area contributed by atoms with Gasteiger partial charge in [-0.1, -0.05) is 0 Å². The number of likely N-dealkylation sites (N-methyl/N-ethyl adjacent to an activating group) is 1. The number of nitrogens with zero attached hydrogens (tertiary/aromatic N) is 1. The lowest BCUT2D eigenvalue weighted by atomic mass is 10.3. The van der Waals surface area contributed by atoms with Crippen LogP contribution in [0.5, 0.6) is 0 Å². The third-order valence-electron chi connectivity index (χ3n) is 1.85. The van der Waals surface area contributed by atoms with Gasteiger partial charge in [0, 0.05) is 18.0 Å². The molecular weight excluding hydrogens is 250 g/mol. The predicted octanol–water partition coefficient (Wildman–Crippen LogP) is 1.98. The molecule has 1 N–H and O–H groups in total. The summed E-state index contributed by atoms with van der Waals surface area (Å²) in [5.41, 5.74) is 0. The van der Waals surface area contributed by atoms with Gasteiger partial charge in [0.2, 0.25) is 0 Å². The minimum atomic E-state index is 0.241. The van der Waals surface area contributed by atoms with E-state index in [-0.39, 0.29) is 6.61 Å². The topological polar surface area (TPSA) is 23.5 Å². The van der Waals surface area contributed by atoms with Crippen molar-refractivity contribution in [3.8, 4) is 0 Å². The van der Waals surface area contributed by atoms with Crippen LogP contribution in [0.15, 0.2) is 15.9 Å². The summed E-state index contributed by atoms with van der Waals surface area (Å²) in [6, 6.07) is 4.22. The Morgan fingerprint density at radius 1 is 1.46 bits per heavy atom. The number of hydrogen-bond donors (Lipinski definition) is 1. The molecule has 0 spiro atoms. The molecule has 13 heavy (non-hydrogen) atoms. The summed E-state index contributed by atoms with van der Waals surface area (Å²) in [4.78, 5) is 3.52. The molecule has 0 aliphatic heterocycles. The Morgan fingerprint density at radius 3 is 2.77 bits per heavy atom. The summed E-state index contributed by atoms with van der Waals surface area (Å²) in [5, 5.41) is 8.69. The summed E-state index contributed by atoms with van der Waals surface area (Å²) < 4.78 is 1.19. The Morgan fingerprint density at radius 2 is 2.23 bits per heavy atom. The maximum Gasteiger partial charge on any atom is 0.0701 e. The average molecular weight is 264 g/mol. The maximum absolute atomic E-state index is 8.69. The molecule has 4 heteroatoms. The van der Waals surface area contributed by atoms with Crippen molar-refractivity contribution in [3.63, 3.8) is 0 Å². The first-order chi connectivity index (χ1) is 6.22. The zero-order valence-corrected chi connectivity index (χ0v) is 10.1. The van der Waals surface area contributed by atoms with Gasteiger partial charge in [-0.15, -0.1) is 11.3 Å². The molecule has 2 nitrogen and oxygen atoms in total. The molecule has 74 valence electrons. The van der Waals surface area contributed by atoms with E-state index < -0.39 is 0 Å². The van der Waals surface area contributed by atoms with Gasteiger partial charge in [0.25, 0.3) is 0 Å². The van der Waals surface area contributed by atoms with Gasteiger partial charge in [-0.25, -0.2) is 0 Å². The van der Waals surface area contributed by atoms with Crippen LogP contribution in [0.25, 0.3) is 0 Å². The lowest BCUT2D eigenvalue weighted by Gasteiger charge is -2.13. The van der Waals surface area contributed by atoms with Crippen LogP contribution in [0.2, 0.25) is 0 Å². The highest BCUT2D eigenvalue weighted by molar-refractivity contribution is 9.11. The minimum absolute atomic E-state index is 0.241. The standard InChI is InChI=1S/C9H14BrNOS/c1-11(6-7-12)5-4-8-2-3-9(10)13-8/h2-3,12H,4-7H2,1H3. The minimum Gasteiger partial charge on any atom is -0.395 e. The third-order valence-corrected chi connectivity index (χ3v) is 3.53. The molecule has 0 unspecified atom stereocenters. The van der Waals surface area contributed by atoms with Gasteiger partial charge in [0.15, 0.2) is 0 Å². The molecule has 0 fully saturated rings. The lowest BCUT2D eigenvalue weighted by molar-refractivity contribution is 0.223. The number of aliphatic hydroxyl groups is 1. The van der Waals surface area contributed by atoms with E-state index in [1.54, 1.807) is 11.3 Å². The van der Waals surface area contributed by atoms with E-state index in [1.165, 1.54) is 8.66 Å². The van der Waals surface area contributed by atoms with Gasteiger partial charge in [0.05, 0.1) is 10.4 Å². The van der Waals surface area contributed by atoms with Gasteiger partial charge in [0.1, 0.15) is 0 Å². The zero-order chi connectivity index (χ0) is 9.68. The van der Waals surface area contributed by atoms with Gasteiger partial charge in [-0.2, -0.15) is 0 Å².